The Balaban J connectivity index is 1.98. The third-order valence-electron chi connectivity index (χ3n) is 3.59. The Morgan fingerprint density at radius 2 is 2.06 bits per heavy atom. The molecule has 0 unspecified atom stereocenters. The van der Waals surface area contributed by atoms with Crippen molar-refractivity contribution in [2.45, 2.75) is 19.8 Å². The normalized spacial score (nSPS) is 17.1. The second-order valence-electron chi connectivity index (χ2n) is 5.01. The van der Waals surface area contributed by atoms with Crippen LogP contribution in [-0.2, 0) is 0 Å². The predicted molar refractivity (Wildman–Crippen MR) is 77.7 cm³/mol. The summed E-state index contributed by atoms with van der Waals surface area (Å²) in [7, 11) is 2.19. The number of hydrogen-bond donors (Lipinski definition) is 1. The van der Waals surface area contributed by atoms with Crippen LogP contribution in [0.2, 0.25) is 0 Å². The molecule has 0 bridgehead atoms. The molecule has 2 nitrogen and oxygen atoms in total. The molecule has 1 aromatic carbocycles. The maximum Gasteiger partial charge on any atom is 0.0375 e. The third-order valence-corrected chi connectivity index (χ3v) is 4.44. The number of benzene rings is 1. The fourth-order valence-electron chi connectivity index (χ4n) is 2.38. The van der Waals surface area contributed by atoms with Crippen LogP contribution in [0.1, 0.15) is 18.4 Å². The first-order valence-electron chi connectivity index (χ1n) is 6.35. The van der Waals surface area contributed by atoms with Gasteiger partial charge in [-0.25, -0.2) is 0 Å². The van der Waals surface area contributed by atoms with E-state index in [0.717, 1.165) is 12.5 Å². The van der Waals surface area contributed by atoms with Gasteiger partial charge in [-0.2, -0.15) is 0 Å². The van der Waals surface area contributed by atoms with E-state index in [4.69, 9.17) is 0 Å². The molecular weight excluding hydrogens is 276 g/mol. The van der Waals surface area contributed by atoms with E-state index < -0.39 is 0 Å². The van der Waals surface area contributed by atoms with Crippen LogP contribution in [0.15, 0.2) is 22.7 Å². The maximum atomic E-state index is 3.60. The van der Waals surface area contributed by atoms with Crippen molar-refractivity contribution in [1.29, 1.82) is 0 Å². The molecule has 0 aliphatic carbocycles. The highest BCUT2D eigenvalue weighted by molar-refractivity contribution is 9.10. The number of rotatable bonds is 3. The van der Waals surface area contributed by atoms with Crippen molar-refractivity contribution in [2.75, 3.05) is 31.6 Å². The molecule has 1 N–H and O–H groups in total. The van der Waals surface area contributed by atoms with E-state index >= 15 is 0 Å². The number of halogens is 1. The lowest BCUT2D eigenvalue weighted by Crippen LogP contribution is -2.34. The molecule has 2 rings (SSSR count). The summed E-state index contributed by atoms with van der Waals surface area (Å²) in [4.78, 5) is 2.38. The minimum atomic E-state index is 0.835. The van der Waals surface area contributed by atoms with Gasteiger partial charge < -0.3 is 10.2 Å². The average molecular weight is 297 g/mol. The van der Waals surface area contributed by atoms with Crippen molar-refractivity contribution in [1.82, 2.24) is 5.32 Å². The van der Waals surface area contributed by atoms with Crippen molar-refractivity contribution in [2.24, 2.45) is 5.92 Å². The monoisotopic (exact) mass is 296 g/mol. The van der Waals surface area contributed by atoms with Crippen LogP contribution in [0.25, 0.3) is 0 Å². The van der Waals surface area contributed by atoms with Crippen molar-refractivity contribution in [3.05, 3.63) is 28.2 Å². The van der Waals surface area contributed by atoms with E-state index in [1.165, 1.54) is 41.7 Å². The van der Waals surface area contributed by atoms with E-state index in [-0.39, 0.29) is 0 Å². The van der Waals surface area contributed by atoms with Gasteiger partial charge >= 0.3 is 0 Å². The molecule has 0 aromatic heterocycles. The topological polar surface area (TPSA) is 15.3 Å². The van der Waals surface area contributed by atoms with Crippen LogP contribution >= 0.6 is 15.9 Å². The molecule has 1 saturated heterocycles. The third kappa shape index (κ3) is 3.46. The molecule has 0 amide bonds. The Bertz CT molecular complexity index is 372. The highest BCUT2D eigenvalue weighted by Gasteiger charge is 2.15. The van der Waals surface area contributed by atoms with Gasteiger partial charge in [0.2, 0.25) is 0 Å². The quantitative estimate of drug-likeness (QED) is 0.921. The number of aryl methyl sites for hydroxylation is 1. The molecular formula is C14H21BrN2. The maximum absolute atomic E-state index is 3.60. The molecule has 1 aromatic rings. The standard InChI is InChI=1S/C14H21BrN2/c1-11-3-4-13(9-14(11)15)17(2)10-12-5-7-16-8-6-12/h3-4,9,12,16H,5-8,10H2,1-2H3. The first-order chi connectivity index (χ1) is 8.16. The van der Waals surface area contributed by atoms with E-state index in [2.05, 4.69) is 58.3 Å². The lowest BCUT2D eigenvalue weighted by molar-refractivity contribution is 0.378. The fraction of sp³-hybridized carbons (Fsp3) is 0.571. The number of piperidine rings is 1. The number of nitrogens with one attached hydrogen (secondary N) is 1. The minimum absolute atomic E-state index is 0.835. The molecule has 94 valence electrons. The van der Waals surface area contributed by atoms with Gasteiger partial charge in [-0.3, -0.25) is 0 Å². The van der Waals surface area contributed by atoms with Crippen LogP contribution in [0.4, 0.5) is 5.69 Å². The molecule has 17 heavy (non-hydrogen) atoms. The van der Waals surface area contributed by atoms with Gasteiger partial charge in [0.1, 0.15) is 0 Å². The van der Waals surface area contributed by atoms with Gasteiger partial charge in [-0.1, -0.05) is 22.0 Å². The van der Waals surface area contributed by atoms with Crippen molar-refractivity contribution < 1.29 is 0 Å². The summed E-state index contributed by atoms with van der Waals surface area (Å²) in [5.41, 5.74) is 2.60. The predicted octanol–water partition coefficient (Wildman–Crippen LogP) is 3.19. The number of hydrogen-bond acceptors (Lipinski definition) is 2. The Morgan fingerprint density at radius 1 is 1.35 bits per heavy atom. The van der Waals surface area contributed by atoms with Gasteiger partial charge in [-0.05, 0) is 56.5 Å². The molecule has 1 fully saturated rings. The molecule has 0 saturated carbocycles. The number of nitrogens with zero attached hydrogens (tertiary/aromatic N) is 1. The van der Waals surface area contributed by atoms with E-state index in [1.807, 2.05) is 0 Å². The number of anilines is 1. The Kier molecular flexibility index (Phi) is 4.46. The minimum Gasteiger partial charge on any atom is -0.374 e. The van der Waals surface area contributed by atoms with Crippen LogP contribution in [0, 0.1) is 12.8 Å². The summed E-state index contributed by atoms with van der Waals surface area (Å²) < 4.78 is 1.20. The van der Waals surface area contributed by atoms with Gasteiger partial charge in [0.15, 0.2) is 0 Å². The Morgan fingerprint density at radius 3 is 2.71 bits per heavy atom. The summed E-state index contributed by atoms with van der Waals surface area (Å²) in [6, 6.07) is 6.61. The zero-order valence-electron chi connectivity index (χ0n) is 10.7. The first kappa shape index (κ1) is 12.9. The summed E-state index contributed by atoms with van der Waals surface area (Å²) in [6.07, 6.45) is 2.61. The summed E-state index contributed by atoms with van der Waals surface area (Å²) in [5, 5.41) is 3.42. The first-order valence-corrected chi connectivity index (χ1v) is 7.14. The highest BCUT2D eigenvalue weighted by atomic mass is 79.9. The summed E-state index contributed by atoms with van der Waals surface area (Å²) in [5.74, 6) is 0.835. The largest absolute Gasteiger partial charge is 0.374 e. The van der Waals surface area contributed by atoms with Gasteiger partial charge in [0.05, 0.1) is 0 Å². The molecule has 0 radical (unpaired) electrons. The van der Waals surface area contributed by atoms with E-state index in [0.29, 0.717) is 0 Å². The van der Waals surface area contributed by atoms with Crippen LogP contribution in [-0.4, -0.2) is 26.7 Å². The smallest absolute Gasteiger partial charge is 0.0375 e. The molecule has 3 heteroatoms. The van der Waals surface area contributed by atoms with Crippen LogP contribution < -0.4 is 10.2 Å². The molecule has 1 aliphatic heterocycles. The Labute approximate surface area is 113 Å². The van der Waals surface area contributed by atoms with Crippen LogP contribution in [0.5, 0.6) is 0 Å². The second-order valence-corrected chi connectivity index (χ2v) is 5.86. The molecule has 1 aliphatic rings. The Hall–Kier alpha value is -0.540. The van der Waals surface area contributed by atoms with Gasteiger partial charge in [-0.15, -0.1) is 0 Å². The molecule has 1 heterocycles. The van der Waals surface area contributed by atoms with Crippen molar-refractivity contribution >= 4 is 21.6 Å². The SMILES string of the molecule is Cc1ccc(N(C)CC2CCNCC2)cc1Br. The zero-order valence-corrected chi connectivity index (χ0v) is 12.3. The van der Waals surface area contributed by atoms with E-state index in [9.17, 15) is 0 Å². The van der Waals surface area contributed by atoms with E-state index in [1.54, 1.807) is 0 Å². The summed E-state index contributed by atoms with van der Waals surface area (Å²) >= 11 is 3.60. The van der Waals surface area contributed by atoms with Crippen LogP contribution in [0.3, 0.4) is 0 Å². The summed E-state index contributed by atoms with van der Waals surface area (Å²) in [6.45, 7) is 5.64. The second kappa shape index (κ2) is 5.87. The lowest BCUT2D eigenvalue weighted by Gasteiger charge is -2.29. The fourth-order valence-corrected chi connectivity index (χ4v) is 2.74. The molecule has 0 atom stereocenters. The van der Waals surface area contributed by atoms with Gasteiger partial charge in [0, 0.05) is 23.8 Å². The molecule has 0 spiro atoms. The van der Waals surface area contributed by atoms with Crippen molar-refractivity contribution in [3.63, 3.8) is 0 Å². The zero-order chi connectivity index (χ0) is 12.3. The van der Waals surface area contributed by atoms with Crippen molar-refractivity contribution in [3.8, 4) is 0 Å². The highest BCUT2D eigenvalue weighted by Crippen LogP contribution is 2.24. The average Bonchev–Trinajstić information content (AvgIpc) is 2.34. The van der Waals surface area contributed by atoms with Gasteiger partial charge in [0.25, 0.3) is 0 Å². The lowest BCUT2D eigenvalue weighted by atomic mass is 9.97.